The van der Waals surface area contributed by atoms with Crippen LogP contribution in [0, 0.1) is 3.57 Å². The molecule has 0 unspecified atom stereocenters. The first-order valence-electron chi connectivity index (χ1n) is 2.90. The number of rotatable bonds is 0. The summed E-state index contributed by atoms with van der Waals surface area (Å²) in [5, 5.41) is 0. The Morgan fingerprint density at radius 3 is 3.09 bits per heavy atom. The van der Waals surface area contributed by atoms with E-state index in [0.29, 0.717) is 11.1 Å². The van der Waals surface area contributed by atoms with E-state index < -0.39 is 5.76 Å². The summed E-state index contributed by atoms with van der Waals surface area (Å²) in [6.07, 6.45) is 3.20. The van der Waals surface area contributed by atoms with Crippen LogP contribution in [-0.2, 0) is 0 Å². The number of nitrogens with zero attached hydrogens (tertiary/aromatic N) is 1. The Kier molecular flexibility index (Phi) is 1.45. The van der Waals surface area contributed by atoms with Crippen LogP contribution in [0.4, 0.5) is 0 Å². The second-order valence-electron chi connectivity index (χ2n) is 2.01. The van der Waals surface area contributed by atoms with Crippen molar-refractivity contribution in [2.75, 3.05) is 0 Å². The summed E-state index contributed by atoms with van der Waals surface area (Å²) in [5.41, 5.74) is 1.22. The molecule has 2 heterocycles. The van der Waals surface area contributed by atoms with Crippen LogP contribution in [0.25, 0.3) is 11.1 Å². The fraction of sp³-hybridized carbons (Fsp3) is 0. The van der Waals surface area contributed by atoms with Crippen molar-refractivity contribution in [1.82, 2.24) is 9.97 Å². The van der Waals surface area contributed by atoms with E-state index >= 15 is 0 Å². The van der Waals surface area contributed by atoms with Gasteiger partial charge in [-0.15, -0.1) is 0 Å². The van der Waals surface area contributed by atoms with Gasteiger partial charge in [-0.25, -0.2) is 4.79 Å². The number of halogens is 1. The summed E-state index contributed by atoms with van der Waals surface area (Å²) >= 11 is 2.06. The molecule has 5 heteroatoms. The molecule has 0 spiro atoms. The predicted molar refractivity (Wildman–Crippen MR) is 47.3 cm³/mol. The topological polar surface area (TPSA) is 58.9 Å². The number of aromatic nitrogens is 2. The summed E-state index contributed by atoms with van der Waals surface area (Å²) in [5.74, 6) is -0.439. The minimum atomic E-state index is -0.439. The summed E-state index contributed by atoms with van der Waals surface area (Å²) < 4.78 is 5.67. The fourth-order valence-corrected chi connectivity index (χ4v) is 1.41. The average molecular weight is 262 g/mol. The van der Waals surface area contributed by atoms with E-state index in [1.807, 2.05) is 0 Å². The molecule has 2 rings (SSSR count). The number of pyridine rings is 1. The minimum absolute atomic E-state index is 0.439. The molecule has 0 aliphatic carbocycles. The number of H-pyrrole nitrogens is 1. The number of oxazole rings is 1. The molecule has 11 heavy (non-hydrogen) atoms. The van der Waals surface area contributed by atoms with E-state index in [1.165, 1.54) is 0 Å². The molecular weight excluding hydrogens is 259 g/mol. The van der Waals surface area contributed by atoms with Crippen molar-refractivity contribution in [3.8, 4) is 0 Å². The molecule has 0 saturated carbocycles. The van der Waals surface area contributed by atoms with Crippen molar-refractivity contribution in [1.29, 1.82) is 0 Å². The molecule has 0 radical (unpaired) electrons. The van der Waals surface area contributed by atoms with Crippen LogP contribution in [-0.4, -0.2) is 9.97 Å². The number of nitrogens with one attached hydrogen (secondary N) is 1. The lowest BCUT2D eigenvalue weighted by atomic mass is 10.4. The highest BCUT2D eigenvalue weighted by Crippen LogP contribution is 2.14. The molecule has 4 nitrogen and oxygen atoms in total. The van der Waals surface area contributed by atoms with Gasteiger partial charge in [-0.05, 0) is 22.6 Å². The highest BCUT2D eigenvalue weighted by molar-refractivity contribution is 14.1. The van der Waals surface area contributed by atoms with E-state index in [9.17, 15) is 4.79 Å². The first-order valence-corrected chi connectivity index (χ1v) is 3.97. The van der Waals surface area contributed by atoms with Gasteiger partial charge < -0.3 is 4.42 Å². The first-order chi connectivity index (χ1) is 5.27. The summed E-state index contributed by atoms with van der Waals surface area (Å²) in [7, 11) is 0. The SMILES string of the molecule is O=c1[nH]c2cncc(I)c2o1. The zero-order valence-electron chi connectivity index (χ0n) is 5.30. The van der Waals surface area contributed by atoms with E-state index in [-0.39, 0.29) is 0 Å². The molecule has 2 aromatic heterocycles. The largest absolute Gasteiger partial charge is 0.417 e. The first kappa shape index (κ1) is 6.84. The number of hydrogen-bond acceptors (Lipinski definition) is 3. The van der Waals surface area contributed by atoms with Gasteiger partial charge in [0, 0.05) is 6.20 Å². The summed E-state index contributed by atoms with van der Waals surface area (Å²) in [4.78, 5) is 17.1. The van der Waals surface area contributed by atoms with Crippen molar-refractivity contribution >= 4 is 33.7 Å². The second kappa shape index (κ2) is 2.33. The third-order valence-electron chi connectivity index (χ3n) is 1.28. The normalized spacial score (nSPS) is 10.6. The van der Waals surface area contributed by atoms with Gasteiger partial charge >= 0.3 is 5.76 Å². The highest BCUT2D eigenvalue weighted by Gasteiger charge is 2.03. The molecule has 0 bridgehead atoms. The Labute approximate surface area is 74.8 Å². The van der Waals surface area contributed by atoms with Gasteiger partial charge in [-0.3, -0.25) is 9.97 Å². The van der Waals surface area contributed by atoms with Crippen molar-refractivity contribution in [3.63, 3.8) is 0 Å². The Bertz CT molecular complexity index is 445. The van der Waals surface area contributed by atoms with E-state index in [1.54, 1.807) is 12.4 Å². The fourth-order valence-electron chi connectivity index (χ4n) is 0.844. The molecule has 0 aliphatic rings. The lowest BCUT2D eigenvalue weighted by molar-refractivity contribution is 0.553. The number of hydrogen-bond donors (Lipinski definition) is 1. The Morgan fingerprint density at radius 2 is 2.36 bits per heavy atom. The van der Waals surface area contributed by atoms with Crippen molar-refractivity contribution in [2.24, 2.45) is 0 Å². The third kappa shape index (κ3) is 1.05. The van der Waals surface area contributed by atoms with Gasteiger partial charge in [-0.2, -0.15) is 0 Å². The van der Waals surface area contributed by atoms with E-state index in [0.717, 1.165) is 3.57 Å². The standard InChI is InChI=1S/C6H3IN2O2/c7-3-1-8-2-4-5(3)11-6(10)9-4/h1-2H,(H,9,10). The molecule has 0 atom stereocenters. The minimum Gasteiger partial charge on any atom is -0.407 e. The van der Waals surface area contributed by atoms with E-state index in [4.69, 9.17) is 4.42 Å². The lowest BCUT2D eigenvalue weighted by Crippen LogP contribution is -1.92. The summed E-state index contributed by atoms with van der Waals surface area (Å²) in [6.45, 7) is 0. The van der Waals surface area contributed by atoms with E-state index in [2.05, 4.69) is 32.6 Å². The molecule has 56 valence electrons. The third-order valence-corrected chi connectivity index (χ3v) is 2.05. The van der Waals surface area contributed by atoms with Crippen LogP contribution in [0.5, 0.6) is 0 Å². The van der Waals surface area contributed by atoms with Gasteiger partial charge in [-0.1, -0.05) is 0 Å². The Hall–Kier alpha value is -0.850. The molecular formula is C6H3IN2O2. The van der Waals surface area contributed by atoms with Crippen LogP contribution in [0.2, 0.25) is 0 Å². The van der Waals surface area contributed by atoms with Gasteiger partial charge in [0.25, 0.3) is 0 Å². The average Bonchev–Trinajstić information content (AvgIpc) is 2.31. The molecule has 0 aliphatic heterocycles. The molecule has 1 N–H and O–H groups in total. The molecule has 2 aromatic rings. The lowest BCUT2D eigenvalue weighted by Gasteiger charge is -1.86. The van der Waals surface area contributed by atoms with Crippen LogP contribution in [0.15, 0.2) is 21.6 Å². The Morgan fingerprint density at radius 1 is 1.55 bits per heavy atom. The smallest absolute Gasteiger partial charge is 0.407 e. The maximum absolute atomic E-state index is 10.7. The van der Waals surface area contributed by atoms with Crippen molar-refractivity contribution in [3.05, 3.63) is 26.5 Å². The van der Waals surface area contributed by atoms with Gasteiger partial charge in [0.2, 0.25) is 0 Å². The van der Waals surface area contributed by atoms with Crippen LogP contribution < -0.4 is 5.76 Å². The van der Waals surface area contributed by atoms with Gasteiger partial charge in [0.15, 0.2) is 5.58 Å². The highest BCUT2D eigenvalue weighted by atomic mass is 127. The molecule has 0 fully saturated rings. The zero-order valence-corrected chi connectivity index (χ0v) is 7.45. The number of fused-ring (bicyclic) bond motifs is 1. The maximum atomic E-state index is 10.7. The monoisotopic (exact) mass is 262 g/mol. The quantitative estimate of drug-likeness (QED) is 0.724. The van der Waals surface area contributed by atoms with Crippen LogP contribution >= 0.6 is 22.6 Å². The van der Waals surface area contributed by atoms with Crippen molar-refractivity contribution in [2.45, 2.75) is 0 Å². The predicted octanol–water partition coefficient (Wildman–Crippen LogP) is 1.12. The zero-order chi connectivity index (χ0) is 7.84. The molecule has 0 aromatic carbocycles. The molecule has 0 saturated heterocycles. The van der Waals surface area contributed by atoms with Gasteiger partial charge in [0.1, 0.15) is 5.52 Å². The number of aromatic amines is 1. The van der Waals surface area contributed by atoms with Gasteiger partial charge in [0.05, 0.1) is 9.77 Å². The van der Waals surface area contributed by atoms with Crippen LogP contribution in [0.1, 0.15) is 0 Å². The maximum Gasteiger partial charge on any atom is 0.417 e. The summed E-state index contributed by atoms with van der Waals surface area (Å²) in [6, 6.07) is 0. The second-order valence-corrected chi connectivity index (χ2v) is 3.17. The van der Waals surface area contributed by atoms with Crippen molar-refractivity contribution < 1.29 is 4.42 Å². The van der Waals surface area contributed by atoms with Crippen LogP contribution in [0.3, 0.4) is 0 Å². The molecule has 0 amide bonds. The Balaban J connectivity index is 3.01.